The molecule has 0 heterocycles. The van der Waals surface area contributed by atoms with E-state index in [9.17, 15) is 9.18 Å². The molecular weight excluding hydrogens is 285 g/mol. The normalized spacial score (nSPS) is 11.8. The number of carbonyl (C=O) groups excluding carboxylic acids is 1. The second-order valence-electron chi connectivity index (χ2n) is 4.11. The highest BCUT2D eigenvalue weighted by molar-refractivity contribution is 9.10. The third-order valence-corrected chi connectivity index (χ3v) is 2.55. The first-order valence-electron chi connectivity index (χ1n) is 5.34. The van der Waals surface area contributed by atoms with E-state index >= 15 is 0 Å². The fraction of sp³-hybridized carbons (Fsp3) is 0.308. The van der Waals surface area contributed by atoms with Crippen LogP contribution >= 0.6 is 15.9 Å². The van der Waals surface area contributed by atoms with E-state index in [1.165, 1.54) is 18.2 Å². The van der Waals surface area contributed by atoms with Crippen molar-refractivity contribution in [3.05, 3.63) is 45.8 Å². The van der Waals surface area contributed by atoms with Crippen molar-refractivity contribution in [3.8, 4) is 0 Å². The summed E-state index contributed by atoms with van der Waals surface area (Å²) in [6, 6.07) is 4.65. The van der Waals surface area contributed by atoms with Gasteiger partial charge in [0, 0.05) is 22.3 Å². The van der Waals surface area contributed by atoms with Crippen LogP contribution in [0.2, 0.25) is 0 Å². The van der Waals surface area contributed by atoms with Crippen LogP contribution in [0, 0.1) is 5.82 Å². The molecule has 0 radical (unpaired) electrons. The van der Waals surface area contributed by atoms with E-state index in [1.807, 2.05) is 13.8 Å². The van der Waals surface area contributed by atoms with E-state index in [4.69, 9.17) is 0 Å². The predicted molar refractivity (Wildman–Crippen MR) is 70.5 cm³/mol. The van der Waals surface area contributed by atoms with E-state index in [2.05, 4.69) is 21.2 Å². The van der Waals surface area contributed by atoms with Crippen LogP contribution in [0.25, 0.3) is 0 Å². The molecule has 0 fully saturated rings. The van der Waals surface area contributed by atoms with Gasteiger partial charge < -0.3 is 5.32 Å². The van der Waals surface area contributed by atoms with Gasteiger partial charge in [0.15, 0.2) is 5.78 Å². The standard InChI is InChI=1S/C13H15BrFNO/c1-8(2)16-9(3)6-13(17)11-5-4-10(14)7-12(11)15/h4-8,16H,1-3H3/b9-6+. The van der Waals surface area contributed by atoms with Crippen LogP contribution in [0.5, 0.6) is 0 Å². The molecule has 92 valence electrons. The fourth-order valence-electron chi connectivity index (χ4n) is 1.46. The van der Waals surface area contributed by atoms with Gasteiger partial charge >= 0.3 is 0 Å². The Bertz CT molecular complexity index is 455. The van der Waals surface area contributed by atoms with Gasteiger partial charge in [-0.2, -0.15) is 0 Å². The minimum atomic E-state index is -0.516. The molecule has 1 rings (SSSR count). The highest BCUT2D eigenvalue weighted by Crippen LogP contribution is 2.16. The van der Waals surface area contributed by atoms with Gasteiger partial charge in [0.05, 0.1) is 5.56 Å². The van der Waals surface area contributed by atoms with Crippen molar-refractivity contribution in [2.45, 2.75) is 26.8 Å². The van der Waals surface area contributed by atoms with Crippen molar-refractivity contribution < 1.29 is 9.18 Å². The number of rotatable bonds is 4. The minimum absolute atomic E-state index is 0.0816. The molecule has 4 heteroatoms. The number of hydrogen-bond acceptors (Lipinski definition) is 2. The lowest BCUT2D eigenvalue weighted by atomic mass is 10.1. The summed E-state index contributed by atoms with van der Waals surface area (Å²) in [6.45, 7) is 5.73. The van der Waals surface area contributed by atoms with E-state index in [0.717, 1.165) is 5.70 Å². The number of hydrogen-bond donors (Lipinski definition) is 1. The summed E-state index contributed by atoms with van der Waals surface area (Å²) in [7, 11) is 0. The third kappa shape index (κ3) is 4.30. The zero-order chi connectivity index (χ0) is 13.0. The molecular formula is C13H15BrFNO. The van der Waals surface area contributed by atoms with Crippen LogP contribution in [0.15, 0.2) is 34.4 Å². The minimum Gasteiger partial charge on any atom is -0.386 e. The highest BCUT2D eigenvalue weighted by Gasteiger charge is 2.10. The predicted octanol–water partition coefficient (Wildman–Crippen LogP) is 3.67. The molecule has 0 amide bonds. The molecule has 0 unspecified atom stereocenters. The van der Waals surface area contributed by atoms with Crippen LogP contribution < -0.4 is 5.32 Å². The number of carbonyl (C=O) groups is 1. The van der Waals surface area contributed by atoms with E-state index < -0.39 is 5.82 Å². The Labute approximate surface area is 109 Å². The van der Waals surface area contributed by atoms with Gasteiger partial charge in [0.1, 0.15) is 5.82 Å². The first kappa shape index (κ1) is 13.9. The molecule has 2 nitrogen and oxygen atoms in total. The van der Waals surface area contributed by atoms with E-state index in [-0.39, 0.29) is 17.4 Å². The summed E-state index contributed by atoms with van der Waals surface area (Å²) in [4.78, 5) is 11.8. The van der Waals surface area contributed by atoms with Crippen LogP contribution in [0.4, 0.5) is 4.39 Å². The largest absolute Gasteiger partial charge is 0.386 e. The average Bonchev–Trinajstić information content (AvgIpc) is 2.15. The summed E-state index contributed by atoms with van der Waals surface area (Å²) in [6.07, 6.45) is 1.41. The molecule has 0 aromatic heterocycles. The van der Waals surface area contributed by atoms with Gasteiger partial charge in [-0.25, -0.2) is 4.39 Å². The number of benzene rings is 1. The summed E-state index contributed by atoms with van der Waals surface area (Å²) < 4.78 is 14.1. The van der Waals surface area contributed by atoms with Crippen molar-refractivity contribution in [2.75, 3.05) is 0 Å². The molecule has 0 atom stereocenters. The van der Waals surface area contributed by atoms with Gasteiger partial charge in [0.2, 0.25) is 0 Å². The highest BCUT2D eigenvalue weighted by atomic mass is 79.9. The summed E-state index contributed by atoms with van der Waals surface area (Å²) >= 11 is 3.15. The zero-order valence-electron chi connectivity index (χ0n) is 10.1. The summed E-state index contributed by atoms with van der Waals surface area (Å²) in [5.41, 5.74) is 0.811. The summed E-state index contributed by atoms with van der Waals surface area (Å²) in [5.74, 6) is -0.848. The number of allylic oxidation sites excluding steroid dienone is 2. The van der Waals surface area contributed by atoms with Gasteiger partial charge in [-0.05, 0) is 39.0 Å². The Hall–Kier alpha value is -1.16. The molecule has 0 saturated heterocycles. The van der Waals surface area contributed by atoms with Gasteiger partial charge in [-0.15, -0.1) is 0 Å². The average molecular weight is 300 g/mol. The maximum Gasteiger partial charge on any atom is 0.190 e. The Kier molecular flexibility index (Phi) is 4.87. The van der Waals surface area contributed by atoms with Crippen molar-refractivity contribution in [2.24, 2.45) is 0 Å². The molecule has 0 spiro atoms. The van der Waals surface area contributed by atoms with Crippen LogP contribution in [-0.4, -0.2) is 11.8 Å². The molecule has 1 aromatic carbocycles. The molecule has 0 bridgehead atoms. The zero-order valence-corrected chi connectivity index (χ0v) is 11.6. The van der Waals surface area contributed by atoms with E-state index in [1.54, 1.807) is 13.0 Å². The maximum absolute atomic E-state index is 13.5. The molecule has 0 saturated carbocycles. The smallest absolute Gasteiger partial charge is 0.190 e. The lowest BCUT2D eigenvalue weighted by Crippen LogP contribution is -2.21. The van der Waals surface area contributed by atoms with Crippen LogP contribution in [0.3, 0.4) is 0 Å². The first-order valence-corrected chi connectivity index (χ1v) is 6.13. The topological polar surface area (TPSA) is 29.1 Å². The van der Waals surface area contributed by atoms with Crippen LogP contribution in [-0.2, 0) is 0 Å². The Balaban J connectivity index is 2.90. The Morgan fingerprint density at radius 2 is 2.12 bits per heavy atom. The Morgan fingerprint density at radius 1 is 1.47 bits per heavy atom. The second kappa shape index (κ2) is 5.96. The SMILES string of the molecule is C/C(=C\C(=O)c1ccc(Br)cc1F)NC(C)C. The quantitative estimate of drug-likeness (QED) is 0.679. The molecule has 0 aliphatic heterocycles. The van der Waals surface area contributed by atoms with Gasteiger partial charge in [-0.3, -0.25) is 4.79 Å². The first-order chi connectivity index (χ1) is 7.90. The lowest BCUT2D eigenvalue weighted by Gasteiger charge is -2.09. The van der Waals surface area contributed by atoms with Crippen molar-refractivity contribution in [3.63, 3.8) is 0 Å². The Morgan fingerprint density at radius 3 is 2.65 bits per heavy atom. The fourth-order valence-corrected chi connectivity index (χ4v) is 1.79. The van der Waals surface area contributed by atoms with E-state index in [0.29, 0.717) is 4.47 Å². The second-order valence-corrected chi connectivity index (χ2v) is 5.03. The molecule has 17 heavy (non-hydrogen) atoms. The molecule has 0 aliphatic rings. The number of halogens is 2. The molecule has 1 aromatic rings. The van der Waals surface area contributed by atoms with Crippen LogP contribution in [0.1, 0.15) is 31.1 Å². The number of nitrogens with one attached hydrogen (secondary N) is 1. The van der Waals surface area contributed by atoms with Crippen molar-refractivity contribution in [1.29, 1.82) is 0 Å². The lowest BCUT2D eigenvalue weighted by molar-refractivity contribution is 0.104. The number of ketones is 1. The summed E-state index contributed by atoms with van der Waals surface area (Å²) in [5, 5.41) is 3.08. The maximum atomic E-state index is 13.5. The third-order valence-electron chi connectivity index (χ3n) is 2.06. The van der Waals surface area contributed by atoms with Crippen molar-refractivity contribution in [1.82, 2.24) is 5.32 Å². The molecule has 0 aliphatic carbocycles. The monoisotopic (exact) mass is 299 g/mol. The molecule has 1 N–H and O–H groups in total. The van der Waals surface area contributed by atoms with Gasteiger partial charge in [-0.1, -0.05) is 15.9 Å². The van der Waals surface area contributed by atoms with Gasteiger partial charge in [0.25, 0.3) is 0 Å². The van der Waals surface area contributed by atoms with Crippen molar-refractivity contribution >= 4 is 21.7 Å².